The lowest BCUT2D eigenvalue weighted by atomic mass is 10.0. The van der Waals surface area contributed by atoms with E-state index in [4.69, 9.17) is 11.6 Å². The Balaban J connectivity index is 3.56. The van der Waals surface area contributed by atoms with Gasteiger partial charge in [0.25, 0.3) is 5.69 Å². The molecule has 4 heteroatoms. The van der Waals surface area contributed by atoms with E-state index in [1.165, 1.54) is 0 Å². The Labute approximate surface area is 81.5 Å². The van der Waals surface area contributed by atoms with Gasteiger partial charge in [-0.25, -0.2) is 0 Å². The smallest absolute Gasteiger partial charge is 0.258 e. The number of aryl methyl sites for hydroxylation is 1. The van der Waals surface area contributed by atoms with Crippen LogP contribution in [0.1, 0.15) is 16.7 Å². The fraction of sp³-hybridized carbons (Fsp3) is 0.333. The molecule has 0 radical (unpaired) electrons. The van der Waals surface area contributed by atoms with Crippen molar-refractivity contribution < 1.29 is 4.92 Å². The Kier molecular flexibility index (Phi) is 2.57. The highest BCUT2D eigenvalue weighted by Crippen LogP contribution is 2.31. The SMILES string of the molecule is Cc1cc(Cl)c(C)c([N+](=O)[O-])c1C. The second kappa shape index (κ2) is 3.34. The first-order valence-corrected chi connectivity index (χ1v) is 4.23. The predicted molar refractivity (Wildman–Crippen MR) is 52.3 cm³/mol. The first-order valence-electron chi connectivity index (χ1n) is 3.86. The summed E-state index contributed by atoms with van der Waals surface area (Å²) < 4.78 is 0. The van der Waals surface area contributed by atoms with Gasteiger partial charge >= 0.3 is 0 Å². The maximum absolute atomic E-state index is 10.7. The van der Waals surface area contributed by atoms with Crippen molar-refractivity contribution in [2.24, 2.45) is 0 Å². The van der Waals surface area contributed by atoms with Crippen molar-refractivity contribution in [1.29, 1.82) is 0 Å². The monoisotopic (exact) mass is 199 g/mol. The molecule has 0 unspecified atom stereocenters. The minimum Gasteiger partial charge on any atom is -0.258 e. The van der Waals surface area contributed by atoms with Crippen molar-refractivity contribution >= 4 is 17.3 Å². The third kappa shape index (κ3) is 1.65. The molecule has 0 aliphatic heterocycles. The summed E-state index contributed by atoms with van der Waals surface area (Å²) in [5, 5.41) is 11.1. The molecule has 0 saturated heterocycles. The molecule has 13 heavy (non-hydrogen) atoms. The quantitative estimate of drug-likeness (QED) is 0.515. The van der Waals surface area contributed by atoms with E-state index in [-0.39, 0.29) is 10.6 Å². The molecule has 3 nitrogen and oxygen atoms in total. The van der Waals surface area contributed by atoms with Crippen LogP contribution in [0, 0.1) is 30.9 Å². The molecule has 0 heterocycles. The summed E-state index contributed by atoms with van der Waals surface area (Å²) in [6.45, 7) is 5.21. The zero-order chi connectivity index (χ0) is 10.2. The van der Waals surface area contributed by atoms with Crippen LogP contribution in [0.5, 0.6) is 0 Å². The van der Waals surface area contributed by atoms with Crippen LogP contribution in [0.25, 0.3) is 0 Å². The second-order valence-electron chi connectivity index (χ2n) is 3.03. The molecule has 0 aliphatic rings. The zero-order valence-corrected chi connectivity index (χ0v) is 8.47. The fourth-order valence-electron chi connectivity index (χ4n) is 1.26. The zero-order valence-electron chi connectivity index (χ0n) is 7.72. The summed E-state index contributed by atoms with van der Waals surface area (Å²) >= 11 is 5.83. The van der Waals surface area contributed by atoms with Crippen molar-refractivity contribution in [1.82, 2.24) is 0 Å². The molecule has 1 rings (SSSR count). The molecule has 0 N–H and O–H groups in total. The fourth-order valence-corrected chi connectivity index (χ4v) is 1.51. The van der Waals surface area contributed by atoms with Crippen molar-refractivity contribution in [2.45, 2.75) is 20.8 Å². The molecule has 1 aromatic carbocycles. The highest BCUT2D eigenvalue weighted by Gasteiger charge is 2.18. The summed E-state index contributed by atoms with van der Waals surface area (Å²) in [6, 6.07) is 1.75. The van der Waals surface area contributed by atoms with Crippen LogP contribution in [0.2, 0.25) is 5.02 Å². The van der Waals surface area contributed by atoms with Crippen molar-refractivity contribution in [3.05, 3.63) is 37.9 Å². The highest BCUT2D eigenvalue weighted by atomic mass is 35.5. The van der Waals surface area contributed by atoms with Gasteiger partial charge in [0.15, 0.2) is 0 Å². The van der Waals surface area contributed by atoms with Crippen LogP contribution in [0.15, 0.2) is 6.07 Å². The molecule has 0 aromatic heterocycles. The molecular formula is C9H10ClNO2. The number of hydrogen-bond donors (Lipinski definition) is 0. The maximum atomic E-state index is 10.7. The molecule has 0 amide bonds. The van der Waals surface area contributed by atoms with Crippen LogP contribution in [-0.4, -0.2) is 4.92 Å². The van der Waals surface area contributed by atoms with Crippen LogP contribution in [-0.2, 0) is 0 Å². The van der Waals surface area contributed by atoms with E-state index in [1.54, 1.807) is 19.9 Å². The average Bonchev–Trinajstić information content (AvgIpc) is 2.01. The standard InChI is InChI=1S/C9H10ClNO2/c1-5-4-8(10)7(3)9(6(5)2)11(12)13/h4H,1-3H3. The topological polar surface area (TPSA) is 43.1 Å². The first kappa shape index (κ1) is 9.99. The van der Waals surface area contributed by atoms with E-state index in [1.807, 2.05) is 6.92 Å². The van der Waals surface area contributed by atoms with Gasteiger partial charge in [-0.05, 0) is 32.4 Å². The van der Waals surface area contributed by atoms with Gasteiger partial charge in [-0.2, -0.15) is 0 Å². The van der Waals surface area contributed by atoms with Crippen LogP contribution < -0.4 is 0 Å². The van der Waals surface area contributed by atoms with Gasteiger partial charge in [-0.15, -0.1) is 0 Å². The molecule has 0 saturated carbocycles. The molecule has 0 spiro atoms. The van der Waals surface area contributed by atoms with Crippen LogP contribution >= 0.6 is 11.6 Å². The average molecular weight is 200 g/mol. The minimum atomic E-state index is -0.385. The predicted octanol–water partition coefficient (Wildman–Crippen LogP) is 3.17. The van der Waals surface area contributed by atoms with Gasteiger partial charge in [0, 0.05) is 11.1 Å². The molecule has 0 aliphatic carbocycles. The normalized spacial score (nSPS) is 10.2. The second-order valence-corrected chi connectivity index (χ2v) is 3.44. The van der Waals surface area contributed by atoms with Gasteiger partial charge in [-0.1, -0.05) is 11.6 Å². The third-order valence-corrected chi connectivity index (χ3v) is 2.58. The Morgan fingerprint density at radius 1 is 1.31 bits per heavy atom. The number of nitrogens with zero attached hydrogens (tertiary/aromatic N) is 1. The van der Waals surface area contributed by atoms with Crippen molar-refractivity contribution in [3.63, 3.8) is 0 Å². The number of nitro groups is 1. The van der Waals surface area contributed by atoms with E-state index in [9.17, 15) is 10.1 Å². The summed E-state index contributed by atoms with van der Waals surface area (Å²) in [7, 11) is 0. The summed E-state index contributed by atoms with van der Waals surface area (Å²) in [5.41, 5.74) is 2.20. The number of hydrogen-bond acceptors (Lipinski definition) is 2. The highest BCUT2D eigenvalue weighted by molar-refractivity contribution is 6.31. The van der Waals surface area contributed by atoms with Crippen LogP contribution in [0.4, 0.5) is 5.69 Å². The first-order chi connectivity index (χ1) is 5.95. The number of nitro benzene ring substituents is 1. The molecule has 1 aromatic rings. The summed E-state index contributed by atoms with van der Waals surface area (Å²) in [4.78, 5) is 10.3. The molecule has 0 bridgehead atoms. The van der Waals surface area contributed by atoms with Gasteiger partial charge < -0.3 is 0 Å². The number of rotatable bonds is 1. The lowest BCUT2D eigenvalue weighted by Gasteiger charge is -2.06. The lowest BCUT2D eigenvalue weighted by molar-refractivity contribution is -0.386. The van der Waals surface area contributed by atoms with Gasteiger partial charge in [-0.3, -0.25) is 10.1 Å². The molecular weight excluding hydrogens is 190 g/mol. The van der Waals surface area contributed by atoms with Crippen molar-refractivity contribution in [2.75, 3.05) is 0 Å². The lowest BCUT2D eigenvalue weighted by Crippen LogP contribution is -1.97. The largest absolute Gasteiger partial charge is 0.276 e. The van der Waals surface area contributed by atoms with E-state index >= 15 is 0 Å². The van der Waals surface area contributed by atoms with E-state index < -0.39 is 0 Å². The molecule has 0 atom stereocenters. The Hall–Kier alpha value is -1.09. The van der Waals surface area contributed by atoms with Gasteiger partial charge in [0.1, 0.15) is 0 Å². The Morgan fingerprint density at radius 3 is 2.31 bits per heavy atom. The summed E-state index contributed by atoms with van der Waals surface area (Å²) in [6.07, 6.45) is 0. The third-order valence-electron chi connectivity index (χ3n) is 2.19. The van der Waals surface area contributed by atoms with E-state index in [2.05, 4.69) is 0 Å². The Bertz CT molecular complexity index is 348. The number of benzene rings is 1. The van der Waals surface area contributed by atoms with E-state index in [0.29, 0.717) is 16.1 Å². The molecule has 70 valence electrons. The summed E-state index contributed by atoms with van der Waals surface area (Å²) in [5.74, 6) is 0. The Morgan fingerprint density at radius 2 is 1.85 bits per heavy atom. The van der Waals surface area contributed by atoms with Gasteiger partial charge in [0.05, 0.1) is 9.95 Å². The maximum Gasteiger partial charge on any atom is 0.276 e. The molecule has 0 fully saturated rings. The van der Waals surface area contributed by atoms with Crippen molar-refractivity contribution in [3.8, 4) is 0 Å². The van der Waals surface area contributed by atoms with E-state index in [0.717, 1.165) is 5.56 Å². The minimum absolute atomic E-state index is 0.130. The number of halogens is 1. The van der Waals surface area contributed by atoms with Gasteiger partial charge in [0.2, 0.25) is 0 Å². The van der Waals surface area contributed by atoms with Crippen LogP contribution in [0.3, 0.4) is 0 Å².